The number of halogens is 2. The van der Waals surface area contributed by atoms with E-state index in [-0.39, 0.29) is 5.82 Å². The highest BCUT2D eigenvalue weighted by Crippen LogP contribution is 2.32. The van der Waals surface area contributed by atoms with E-state index in [4.69, 9.17) is 17.3 Å². The van der Waals surface area contributed by atoms with Crippen molar-refractivity contribution in [2.45, 2.75) is 0 Å². The molecule has 3 aromatic heterocycles. The molecule has 0 aliphatic rings. The largest absolute Gasteiger partial charge is 0.383 e. The lowest BCUT2D eigenvalue weighted by atomic mass is 10.0. The smallest absolute Gasteiger partial charge is 0.132 e. The molecular formula is C19H12ClFN4. The molecule has 0 unspecified atom stereocenters. The summed E-state index contributed by atoms with van der Waals surface area (Å²) < 4.78 is 13.9. The highest BCUT2D eigenvalue weighted by Gasteiger charge is 2.12. The zero-order chi connectivity index (χ0) is 17.4. The van der Waals surface area contributed by atoms with Gasteiger partial charge in [-0.25, -0.2) is 9.37 Å². The molecule has 3 heterocycles. The summed E-state index contributed by atoms with van der Waals surface area (Å²) in [6.07, 6.45) is 6.58. The van der Waals surface area contributed by atoms with E-state index in [1.807, 2.05) is 18.2 Å². The van der Waals surface area contributed by atoms with E-state index in [0.717, 1.165) is 11.1 Å². The summed E-state index contributed by atoms with van der Waals surface area (Å²) in [7, 11) is 0. The van der Waals surface area contributed by atoms with Crippen LogP contribution in [0.5, 0.6) is 0 Å². The van der Waals surface area contributed by atoms with Crippen LogP contribution in [-0.2, 0) is 0 Å². The van der Waals surface area contributed by atoms with Crippen LogP contribution in [0.4, 0.5) is 10.2 Å². The number of benzene rings is 1. The van der Waals surface area contributed by atoms with Gasteiger partial charge in [0.1, 0.15) is 11.6 Å². The lowest BCUT2D eigenvalue weighted by Crippen LogP contribution is -1.97. The number of pyridine rings is 3. The van der Waals surface area contributed by atoms with Gasteiger partial charge in [-0.3, -0.25) is 9.97 Å². The first-order chi connectivity index (χ1) is 12.1. The number of hydrogen-bond acceptors (Lipinski definition) is 4. The maximum atomic E-state index is 13.9. The summed E-state index contributed by atoms with van der Waals surface area (Å²) in [5.41, 5.74) is 9.14. The van der Waals surface area contributed by atoms with E-state index < -0.39 is 0 Å². The Morgan fingerprint density at radius 2 is 1.68 bits per heavy atom. The molecule has 4 rings (SSSR count). The van der Waals surface area contributed by atoms with Crippen LogP contribution in [0.2, 0.25) is 5.02 Å². The fourth-order valence-corrected chi connectivity index (χ4v) is 2.92. The van der Waals surface area contributed by atoms with Gasteiger partial charge in [0.25, 0.3) is 0 Å². The second kappa shape index (κ2) is 6.11. The number of fused-ring (bicyclic) bond motifs is 1. The molecule has 0 spiro atoms. The second-order valence-electron chi connectivity index (χ2n) is 5.54. The lowest BCUT2D eigenvalue weighted by molar-refractivity contribution is 0.639. The third-order valence-electron chi connectivity index (χ3n) is 4.00. The van der Waals surface area contributed by atoms with Gasteiger partial charge in [0.15, 0.2) is 0 Å². The number of hydrogen-bond donors (Lipinski definition) is 1. The Bertz CT molecular complexity index is 1080. The van der Waals surface area contributed by atoms with Crippen LogP contribution in [0.1, 0.15) is 0 Å². The van der Waals surface area contributed by atoms with E-state index in [9.17, 15) is 4.39 Å². The normalized spacial score (nSPS) is 11.0. The van der Waals surface area contributed by atoms with E-state index in [1.165, 1.54) is 18.3 Å². The number of nitrogens with zero attached hydrogens (tertiary/aromatic N) is 3. The predicted octanol–water partition coefficient (Wildman–Crippen LogP) is 4.73. The summed E-state index contributed by atoms with van der Waals surface area (Å²) in [6, 6.07) is 10.3. The molecule has 1 aromatic carbocycles. The fourth-order valence-electron chi connectivity index (χ4n) is 2.70. The van der Waals surface area contributed by atoms with Crippen molar-refractivity contribution in [2.24, 2.45) is 0 Å². The SMILES string of the molecule is Nc1ncc(-c2ccncc2)cc1-c1cc2c(Cl)ccc(F)c2cn1. The summed E-state index contributed by atoms with van der Waals surface area (Å²) >= 11 is 6.21. The molecule has 6 heteroatoms. The molecule has 4 nitrogen and oxygen atoms in total. The van der Waals surface area contributed by atoms with Crippen molar-refractivity contribution in [3.63, 3.8) is 0 Å². The Kier molecular flexibility index (Phi) is 3.78. The van der Waals surface area contributed by atoms with Crippen molar-refractivity contribution in [3.05, 3.63) is 72.0 Å². The molecule has 0 atom stereocenters. The molecule has 0 bridgehead atoms. The number of anilines is 1. The minimum absolute atomic E-state index is 0.345. The first-order valence-electron chi connectivity index (χ1n) is 7.53. The van der Waals surface area contributed by atoms with Gasteiger partial charge < -0.3 is 5.73 Å². The number of nitrogens with two attached hydrogens (primary N) is 1. The Hall–Kier alpha value is -3.05. The van der Waals surface area contributed by atoms with Gasteiger partial charge in [-0.1, -0.05) is 11.6 Å². The van der Waals surface area contributed by atoms with Gasteiger partial charge in [0.05, 0.1) is 5.69 Å². The highest BCUT2D eigenvalue weighted by atomic mass is 35.5. The number of rotatable bonds is 2. The number of aromatic nitrogens is 3. The Morgan fingerprint density at radius 3 is 2.48 bits per heavy atom. The van der Waals surface area contributed by atoms with Crippen molar-refractivity contribution in [1.82, 2.24) is 15.0 Å². The van der Waals surface area contributed by atoms with Crippen LogP contribution >= 0.6 is 11.6 Å². The molecule has 0 amide bonds. The Balaban J connectivity index is 1.90. The van der Waals surface area contributed by atoms with Crippen molar-refractivity contribution >= 4 is 28.2 Å². The third kappa shape index (κ3) is 2.79. The number of nitrogen functional groups attached to an aromatic ring is 1. The van der Waals surface area contributed by atoms with Gasteiger partial charge in [-0.15, -0.1) is 0 Å². The molecule has 0 aliphatic heterocycles. The van der Waals surface area contributed by atoms with Crippen LogP contribution in [0.25, 0.3) is 33.2 Å². The standard InChI is InChI=1S/C19H12ClFN4/c20-16-1-2-17(21)15-10-24-18(8-13(15)16)14-7-12(9-25-19(14)22)11-3-5-23-6-4-11/h1-10H,(H2,22,25). The molecule has 4 aromatic rings. The van der Waals surface area contributed by atoms with Crippen molar-refractivity contribution in [2.75, 3.05) is 5.73 Å². The average Bonchev–Trinajstić information content (AvgIpc) is 2.66. The van der Waals surface area contributed by atoms with Crippen LogP contribution in [0.3, 0.4) is 0 Å². The van der Waals surface area contributed by atoms with Gasteiger partial charge in [-0.2, -0.15) is 0 Å². The minimum Gasteiger partial charge on any atom is -0.383 e. The predicted molar refractivity (Wildman–Crippen MR) is 97.6 cm³/mol. The monoisotopic (exact) mass is 350 g/mol. The quantitative estimate of drug-likeness (QED) is 0.567. The summed E-state index contributed by atoms with van der Waals surface area (Å²) in [4.78, 5) is 12.6. The maximum Gasteiger partial charge on any atom is 0.132 e. The van der Waals surface area contributed by atoms with Gasteiger partial charge >= 0.3 is 0 Å². The van der Waals surface area contributed by atoms with Crippen LogP contribution in [0, 0.1) is 5.82 Å². The fraction of sp³-hybridized carbons (Fsp3) is 0. The third-order valence-corrected chi connectivity index (χ3v) is 4.33. The highest BCUT2D eigenvalue weighted by molar-refractivity contribution is 6.35. The molecule has 122 valence electrons. The molecule has 0 radical (unpaired) electrons. The van der Waals surface area contributed by atoms with Crippen molar-refractivity contribution in [1.29, 1.82) is 0 Å². The second-order valence-corrected chi connectivity index (χ2v) is 5.94. The Morgan fingerprint density at radius 1 is 0.880 bits per heavy atom. The zero-order valence-corrected chi connectivity index (χ0v) is 13.7. The molecular weight excluding hydrogens is 339 g/mol. The summed E-state index contributed by atoms with van der Waals surface area (Å²) in [6.45, 7) is 0. The van der Waals surface area contributed by atoms with E-state index >= 15 is 0 Å². The Labute approximate surface area is 148 Å². The first-order valence-corrected chi connectivity index (χ1v) is 7.91. The molecule has 2 N–H and O–H groups in total. The van der Waals surface area contributed by atoms with Crippen molar-refractivity contribution in [3.8, 4) is 22.4 Å². The van der Waals surface area contributed by atoms with Gasteiger partial charge in [0.2, 0.25) is 0 Å². The minimum atomic E-state index is -0.366. The summed E-state index contributed by atoms with van der Waals surface area (Å²) in [5, 5.41) is 1.41. The lowest BCUT2D eigenvalue weighted by Gasteiger charge is -2.09. The van der Waals surface area contributed by atoms with Gasteiger partial charge in [-0.05, 0) is 42.0 Å². The van der Waals surface area contributed by atoms with E-state index in [1.54, 1.807) is 24.7 Å². The molecule has 25 heavy (non-hydrogen) atoms. The maximum absolute atomic E-state index is 13.9. The van der Waals surface area contributed by atoms with E-state index in [2.05, 4.69) is 15.0 Å². The van der Waals surface area contributed by atoms with Crippen LogP contribution < -0.4 is 5.73 Å². The van der Waals surface area contributed by atoms with Gasteiger partial charge in [0, 0.05) is 51.7 Å². The average molecular weight is 351 g/mol. The van der Waals surface area contributed by atoms with Crippen LogP contribution in [0.15, 0.2) is 61.2 Å². The molecule has 0 fully saturated rings. The first kappa shape index (κ1) is 15.5. The summed E-state index contributed by atoms with van der Waals surface area (Å²) in [5.74, 6) is -0.0211. The molecule has 0 saturated carbocycles. The topological polar surface area (TPSA) is 64.7 Å². The van der Waals surface area contributed by atoms with Crippen molar-refractivity contribution < 1.29 is 4.39 Å². The molecule has 0 aliphatic carbocycles. The van der Waals surface area contributed by atoms with Crippen LogP contribution in [-0.4, -0.2) is 15.0 Å². The zero-order valence-electron chi connectivity index (χ0n) is 12.9. The molecule has 0 saturated heterocycles. The van der Waals surface area contributed by atoms with E-state index in [0.29, 0.717) is 32.9 Å².